The van der Waals surface area contributed by atoms with Crippen LogP contribution in [0.2, 0.25) is 0 Å². The van der Waals surface area contributed by atoms with Crippen molar-refractivity contribution in [3.63, 3.8) is 0 Å². The van der Waals surface area contributed by atoms with Gasteiger partial charge in [-0.2, -0.15) is 0 Å². The van der Waals surface area contributed by atoms with Crippen molar-refractivity contribution in [1.29, 1.82) is 0 Å². The van der Waals surface area contributed by atoms with Gasteiger partial charge in [-0.05, 0) is 87.6 Å². The van der Waals surface area contributed by atoms with E-state index in [4.69, 9.17) is 28.5 Å². The normalized spacial score (nSPS) is 15.5. The van der Waals surface area contributed by atoms with E-state index in [9.17, 15) is 0 Å². The molecule has 286 valence electrons. The Balaban J connectivity index is 1.05. The van der Waals surface area contributed by atoms with Gasteiger partial charge >= 0.3 is 0 Å². The fourth-order valence-electron chi connectivity index (χ4n) is 9.34. The average molecular weight is 784 g/mol. The van der Waals surface area contributed by atoms with E-state index in [0.29, 0.717) is 17.5 Å². The van der Waals surface area contributed by atoms with E-state index < -0.39 is 0 Å². The first-order valence-electron chi connectivity index (χ1n) is 20.6. The highest BCUT2D eigenvalue weighted by molar-refractivity contribution is 6.15. The molecule has 1 aliphatic carbocycles. The minimum absolute atomic E-state index is 0.0164. The summed E-state index contributed by atoms with van der Waals surface area (Å²) in [5.74, 6) is 2.65. The minimum Gasteiger partial charge on any atom is -0.485 e. The first kappa shape index (κ1) is 33.8. The van der Waals surface area contributed by atoms with Gasteiger partial charge in [0.25, 0.3) is 0 Å². The van der Waals surface area contributed by atoms with Crippen molar-refractivity contribution >= 4 is 54.6 Å². The average Bonchev–Trinajstić information content (AvgIpc) is 4.02. The van der Waals surface area contributed by atoms with Crippen molar-refractivity contribution in [1.82, 2.24) is 15.0 Å². The second-order valence-electron chi connectivity index (χ2n) is 15.8. The second-order valence-corrected chi connectivity index (χ2v) is 15.8. The van der Waals surface area contributed by atoms with E-state index in [0.717, 1.165) is 94.1 Å². The molecule has 6 heteroatoms. The van der Waals surface area contributed by atoms with Crippen molar-refractivity contribution in [3.8, 4) is 62.2 Å². The molecule has 4 heterocycles. The van der Waals surface area contributed by atoms with Gasteiger partial charge in [0.1, 0.15) is 34.2 Å². The van der Waals surface area contributed by atoms with Crippen LogP contribution in [0.4, 0.5) is 0 Å². The Morgan fingerprint density at radius 1 is 0.426 bits per heavy atom. The summed E-state index contributed by atoms with van der Waals surface area (Å²) in [5, 5.41) is 6.40. The van der Waals surface area contributed by atoms with Crippen molar-refractivity contribution < 1.29 is 13.6 Å². The summed E-state index contributed by atoms with van der Waals surface area (Å²) in [5.41, 5.74) is 11.1. The number of benzene rings is 8. The third-order valence-electron chi connectivity index (χ3n) is 12.3. The molecule has 2 atom stereocenters. The predicted molar refractivity (Wildman–Crippen MR) is 245 cm³/mol. The highest BCUT2D eigenvalue weighted by Gasteiger charge is 2.33. The van der Waals surface area contributed by atoms with Gasteiger partial charge in [0.05, 0.1) is 5.56 Å². The fourth-order valence-corrected chi connectivity index (χ4v) is 9.34. The second kappa shape index (κ2) is 13.2. The zero-order valence-electron chi connectivity index (χ0n) is 32.6. The zero-order chi connectivity index (χ0) is 40.0. The lowest BCUT2D eigenvalue weighted by Crippen LogP contribution is -2.15. The van der Waals surface area contributed by atoms with Crippen molar-refractivity contribution in [2.45, 2.75) is 12.0 Å². The Hall–Kier alpha value is -8.09. The summed E-state index contributed by atoms with van der Waals surface area (Å²) in [6, 6.07) is 56.7. The standard InChI is InChI=1S/C55H33N3O3/c1-2-11-35-30-36(25-22-32(35)10-1)33-20-23-34(24-21-33)53-56-54(43-16-9-15-41-39-12-3-7-18-46(39)61-52(41)43)58-55(57-53)51-38(27-29-49-50(51)42-14-5-8-19-47(42)60-49)37-26-28-48-44(31-37)40-13-4-6-17-45(40)59-48/h1-31,40,45H. The monoisotopic (exact) mass is 783 g/mol. The van der Waals surface area contributed by atoms with Crippen LogP contribution >= 0.6 is 0 Å². The van der Waals surface area contributed by atoms with Gasteiger partial charge in [-0.25, -0.2) is 15.0 Å². The number of nitrogens with zero attached hydrogens (tertiary/aromatic N) is 3. The lowest BCUT2D eigenvalue weighted by atomic mass is 9.88. The lowest BCUT2D eigenvalue weighted by Gasteiger charge is -2.15. The molecule has 2 aliphatic rings. The smallest absolute Gasteiger partial charge is 0.167 e. The summed E-state index contributed by atoms with van der Waals surface area (Å²) in [4.78, 5) is 16.0. The number of aromatic nitrogens is 3. The first-order valence-corrected chi connectivity index (χ1v) is 20.6. The molecule has 2 unspecified atom stereocenters. The summed E-state index contributed by atoms with van der Waals surface area (Å²) < 4.78 is 19.5. The molecule has 6 nitrogen and oxygen atoms in total. The van der Waals surface area contributed by atoms with Crippen LogP contribution in [0.15, 0.2) is 197 Å². The number of hydrogen-bond acceptors (Lipinski definition) is 6. The molecule has 61 heavy (non-hydrogen) atoms. The van der Waals surface area contributed by atoms with Crippen molar-refractivity contribution in [2.75, 3.05) is 0 Å². The summed E-state index contributed by atoms with van der Waals surface area (Å²) in [6.07, 6.45) is 8.50. The maximum atomic E-state index is 6.58. The molecule has 13 rings (SSSR count). The Kier molecular flexibility index (Phi) is 7.33. The topological polar surface area (TPSA) is 74.2 Å². The molecule has 1 aliphatic heterocycles. The summed E-state index contributed by atoms with van der Waals surface area (Å²) in [7, 11) is 0. The van der Waals surface area contributed by atoms with Crippen LogP contribution < -0.4 is 4.74 Å². The third-order valence-corrected chi connectivity index (χ3v) is 12.3. The molecule has 0 fully saturated rings. The van der Waals surface area contributed by atoms with E-state index in [-0.39, 0.29) is 12.0 Å². The number of para-hydroxylation sites is 3. The van der Waals surface area contributed by atoms with E-state index in [1.807, 2.05) is 48.5 Å². The molecule has 0 N–H and O–H groups in total. The summed E-state index contributed by atoms with van der Waals surface area (Å²) in [6.45, 7) is 0. The van der Waals surface area contributed by atoms with Crippen LogP contribution in [0.1, 0.15) is 11.5 Å². The van der Waals surface area contributed by atoms with Gasteiger partial charge in [-0.3, -0.25) is 0 Å². The van der Waals surface area contributed by atoms with E-state index in [1.54, 1.807) is 0 Å². The molecular formula is C55H33N3O3. The zero-order valence-corrected chi connectivity index (χ0v) is 32.6. The minimum atomic E-state index is -0.0164. The van der Waals surface area contributed by atoms with Gasteiger partial charge in [0.2, 0.25) is 0 Å². The molecular weight excluding hydrogens is 751 g/mol. The fraction of sp³-hybridized carbons (Fsp3) is 0.0364. The van der Waals surface area contributed by atoms with Gasteiger partial charge in [0.15, 0.2) is 17.5 Å². The van der Waals surface area contributed by atoms with Crippen LogP contribution in [0, 0.1) is 0 Å². The van der Waals surface area contributed by atoms with Crippen LogP contribution in [-0.4, -0.2) is 21.1 Å². The van der Waals surface area contributed by atoms with Crippen LogP contribution in [0.3, 0.4) is 0 Å². The Labute approximate surface area is 349 Å². The van der Waals surface area contributed by atoms with Gasteiger partial charge in [-0.1, -0.05) is 133 Å². The number of hydrogen-bond donors (Lipinski definition) is 0. The number of furan rings is 2. The SMILES string of the molecule is C1=CC2Oc3ccc(-c4ccc5oc6ccccc6c5c4-c4nc(-c5ccc(-c6ccc7ccccc7c6)cc5)nc(-c5cccc6c5oc5ccccc56)n4)cc3C2C=C1. The number of ether oxygens (including phenoxy) is 1. The van der Waals surface area contributed by atoms with Crippen LogP contribution in [0.25, 0.3) is 111 Å². The molecule has 8 aromatic carbocycles. The van der Waals surface area contributed by atoms with Crippen LogP contribution in [0.5, 0.6) is 5.75 Å². The van der Waals surface area contributed by atoms with Crippen molar-refractivity contribution in [2.24, 2.45) is 0 Å². The maximum Gasteiger partial charge on any atom is 0.167 e. The third kappa shape index (κ3) is 5.39. The molecule has 11 aromatic rings. The molecule has 3 aromatic heterocycles. The largest absolute Gasteiger partial charge is 0.485 e. The summed E-state index contributed by atoms with van der Waals surface area (Å²) >= 11 is 0. The number of allylic oxidation sites excluding steroid dienone is 2. The maximum absolute atomic E-state index is 6.58. The molecule has 0 amide bonds. The van der Waals surface area contributed by atoms with Crippen LogP contribution in [-0.2, 0) is 0 Å². The quantitative estimate of drug-likeness (QED) is 0.173. The van der Waals surface area contributed by atoms with Gasteiger partial charge in [0, 0.05) is 44.2 Å². The Morgan fingerprint density at radius 3 is 2.03 bits per heavy atom. The van der Waals surface area contributed by atoms with Gasteiger partial charge < -0.3 is 13.6 Å². The molecule has 0 saturated heterocycles. The number of fused-ring (bicyclic) bond motifs is 10. The Morgan fingerprint density at radius 2 is 1.13 bits per heavy atom. The molecule has 0 radical (unpaired) electrons. The molecule has 0 bridgehead atoms. The lowest BCUT2D eigenvalue weighted by molar-refractivity contribution is 0.269. The highest BCUT2D eigenvalue weighted by Crippen LogP contribution is 2.47. The van der Waals surface area contributed by atoms with E-state index >= 15 is 0 Å². The van der Waals surface area contributed by atoms with Crippen molar-refractivity contribution in [3.05, 3.63) is 194 Å². The Bertz CT molecular complexity index is 3650. The predicted octanol–water partition coefficient (Wildman–Crippen LogP) is 14.1. The van der Waals surface area contributed by atoms with E-state index in [1.165, 1.54) is 10.8 Å². The van der Waals surface area contributed by atoms with Gasteiger partial charge in [-0.15, -0.1) is 0 Å². The number of rotatable bonds is 5. The first-order chi connectivity index (χ1) is 30.2. The highest BCUT2D eigenvalue weighted by atomic mass is 16.5. The molecule has 0 saturated carbocycles. The van der Waals surface area contributed by atoms with E-state index in [2.05, 4.69) is 140 Å². The molecule has 0 spiro atoms.